The lowest BCUT2D eigenvalue weighted by Crippen LogP contribution is -2.47. The number of carbonyl (C=O) groups excluding carboxylic acids is 1. The highest BCUT2D eigenvalue weighted by Crippen LogP contribution is 2.27. The average molecular weight is 211 g/mol. The van der Waals surface area contributed by atoms with Gasteiger partial charge in [0.1, 0.15) is 0 Å². The van der Waals surface area contributed by atoms with Crippen molar-refractivity contribution in [1.82, 2.24) is 4.90 Å². The standard InChI is InChI=1S/C12H21NO2/c1-5-11(14)13(6-2)10-7-8-15-12(3,4)9-10/h5,10H,1,6-9H2,2-4H3. The monoisotopic (exact) mass is 211 g/mol. The number of amides is 1. The van der Waals surface area contributed by atoms with Crippen LogP contribution in [0.4, 0.5) is 0 Å². The molecule has 15 heavy (non-hydrogen) atoms. The van der Waals surface area contributed by atoms with Gasteiger partial charge in [-0.05, 0) is 39.7 Å². The third kappa shape index (κ3) is 3.06. The Morgan fingerprint density at radius 2 is 2.33 bits per heavy atom. The molecule has 1 heterocycles. The summed E-state index contributed by atoms with van der Waals surface area (Å²) in [7, 11) is 0. The topological polar surface area (TPSA) is 29.5 Å². The Balaban J connectivity index is 2.68. The highest BCUT2D eigenvalue weighted by molar-refractivity contribution is 5.87. The summed E-state index contributed by atoms with van der Waals surface area (Å²) in [5.41, 5.74) is -0.113. The molecule has 1 atom stereocenters. The van der Waals surface area contributed by atoms with Gasteiger partial charge in [0.2, 0.25) is 5.91 Å². The van der Waals surface area contributed by atoms with E-state index in [2.05, 4.69) is 20.4 Å². The molecule has 0 aromatic carbocycles. The first-order valence-corrected chi connectivity index (χ1v) is 5.57. The van der Waals surface area contributed by atoms with E-state index >= 15 is 0 Å². The Hall–Kier alpha value is -0.830. The number of rotatable bonds is 3. The van der Waals surface area contributed by atoms with Gasteiger partial charge < -0.3 is 9.64 Å². The summed E-state index contributed by atoms with van der Waals surface area (Å²) in [6, 6.07) is 0.296. The molecule has 1 unspecified atom stereocenters. The van der Waals surface area contributed by atoms with Gasteiger partial charge in [-0.25, -0.2) is 0 Å². The molecule has 0 N–H and O–H groups in total. The number of hydrogen-bond acceptors (Lipinski definition) is 2. The van der Waals surface area contributed by atoms with Crippen molar-refractivity contribution in [2.24, 2.45) is 0 Å². The van der Waals surface area contributed by atoms with Gasteiger partial charge >= 0.3 is 0 Å². The molecule has 3 nitrogen and oxygen atoms in total. The van der Waals surface area contributed by atoms with Crippen LogP contribution in [0.1, 0.15) is 33.6 Å². The molecule has 1 aliphatic rings. The number of hydrogen-bond donors (Lipinski definition) is 0. The molecule has 1 fully saturated rings. The van der Waals surface area contributed by atoms with Crippen LogP contribution in [0.5, 0.6) is 0 Å². The molecule has 0 aromatic heterocycles. The second-order valence-electron chi connectivity index (χ2n) is 4.58. The zero-order chi connectivity index (χ0) is 11.5. The zero-order valence-electron chi connectivity index (χ0n) is 9.95. The van der Waals surface area contributed by atoms with Crippen LogP contribution in [0.3, 0.4) is 0 Å². The predicted octanol–water partition coefficient (Wildman–Crippen LogP) is 1.98. The van der Waals surface area contributed by atoms with Crippen LogP contribution >= 0.6 is 0 Å². The maximum absolute atomic E-state index is 11.6. The van der Waals surface area contributed by atoms with Crippen molar-refractivity contribution in [3.63, 3.8) is 0 Å². The van der Waals surface area contributed by atoms with Crippen molar-refractivity contribution in [2.45, 2.75) is 45.3 Å². The van der Waals surface area contributed by atoms with E-state index in [1.807, 2.05) is 11.8 Å². The predicted molar refractivity (Wildman–Crippen MR) is 60.6 cm³/mol. The van der Waals surface area contributed by atoms with Crippen molar-refractivity contribution in [3.8, 4) is 0 Å². The van der Waals surface area contributed by atoms with Gasteiger partial charge in [-0.2, -0.15) is 0 Å². The Morgan fingerprint density at radius 3 is 2.80 bits per heavy atom. The highest BCUT2D eigenvalue weighted by Gasteiger charge is 2.32. The fraction of sp³-hybridized carbons (Fsp3) is 0.750. The fourth-order valence-corrected chi connectivity index (χ4v) is 2.18. The molecule has 0 aromatic rings. The fourth-order valence-electron chi connectivity index (χ4n) is 2.18. The molecular weight excluding hydrogens is 190 g/mol. The normalized spacial score (nSPS) is 24.6. The molecular formula is C12H21NO2. The molecule has 1 saturated heterocycles. The number of nitrogens with zero attached hydrogens (tertiary/aromatic N) is 1. The van der Waals surface area contributed by atoms with Gasteiger partial charge in [-0.3, -0.25) is 4.79 Å². The van der Waals surface area contributed by atoms with Gasteiger partial charge in [-0.1, -0.05) is 6.58 Å². The largest absolute Gasteiger partial charge is 0.375 e. The second-order valence-corrected chi connectivity index (χ2v) is 4.58. The Kier molecular flexibility index (Phi) is 3.91. The highest BCUT2D eigenvalue weighted by atomic mass is 16.5. The van der Waals surface area contributed by atoms with Crippen LogP contribution in [0.15, 0.2) is 12.7 Å². The van der Waals surface area contributed by atoms with Gasteiger partial charge in [0.05, 0.1) is 5.60 Å². The molecule has 1 amide bonds. The summed E-state index contributed by atoms with van der Waals surface area (Å²) in [6.07, 6.45) is 3.23. The lowest BCUT2D eigenvalue weighted by atomic mass is 9.92. The van der Waals surface area contributed by atoms with E-state index in [4.69, 9.17) is 4.74 Å². The van der Waals surface area contributed by atoms with Crippen LogP contribution < -0.4 is 0 Å². The van der Waals surface area contributed by atoms with E-state index in [1.54, 1.807) is 0 Å². The molecule has 3 heteroatoms. The molecule has 0 bridgehead atoms. The Morgan fingerprint density at radius 1 is 1.67 bits per heavy atom. The number of ether oxygens (including phenoxy) is 1. The van der Waals surface area contributed by atoms with Gasteiger partial charge in [0.25, 0.3) is 0 Å². The first-order valence-electron chi connectivity index (χ1n) is 5.57. The van der Waals surface area contributed by atoms with Crippen molar-refractivity contribution < 1.29 is 9.53 Å². The lowest BCUT2D eigenvalue weighted by Gasteiger charge is -2.40. The van der Waals surface area contributed by atoms with E-state index in [0.717, 1.165) is 26.0 Å². The lowest BCUT2D eigenvalue weighted by molar-refractivity contribution is -0.134. The first kappa shape index (κ1) is 12.2. The van der Waals surface area contributed by atoms with Crippen molar-refractivity contribution >= 4 is 5.91 Å². The first-order chi connectivity index (χ1) is 7.00. The Labute approximate surface area is 92.1 Å². The van der Waals surface area contributed by atoms with E-state index in [-0.39, 0.29) is 11.5 Å². The molecule has 1 aliphatic heterocycles. The van der Waals surface area contributed by atoms with Crippen LogP contribution in [-0.4, -0.2) is 35.6 Å². The Bertz CT molecular complexity index is 248. The van der Waals surface area contributed by atoms with Gasteiger partial charge in [-0.15, -0.1) is 0 Å². The van der Waals surface area contributed by atoms with Gasteiger partial charge in [0.15, 0.2) is 0 Å². The summed E-state index contributed by atoms with van der Waals surface area (Å²) in [4.78, 5) is 13.5. The third-order valence-corrected chi connectivity index (χ3v) is 2.91. The van der Waals surface area contributed by atoms with Crippen LogP contribution in [0.2, 0.25) is 0 Å². The quantitative estimate of drug-likeness (QED) is 0.668. The minimum Gasteiger partial charge on any atom is -0.375 e. The van der Waals surface area contributed by atoms with Crippen molar-refractivity contribution in [3.05, 3.63) is 12.7 Å². The minimum atomic E-state index is -0.113. The van der Waals surface area contributed by atoms with Crippen LogP contribution in [0, 0.1) is 0 Å². The summed E-state index contributed by atoms with van der Waals surface area (Å²) < 4.78 is 5.64. The minimum absolute atomic E-state index is 0.0280. The third-order valence-electron chi connectivity index (χ3n) is 2.91. The number of carbonyl (C=O) groups is 1. The zero-order valence-corrected chi connectivity index (χ0v) is 9.95. The molecule has 0 radical (unpaired) electrons. The van der Waals surface area contributed by atoms with Crippen LogP contribution in [0.25, 0.3) is 0 Å². The maximum atomic E-state index is 11.6. The SMILES string of the molecule is C=CC(=O)N(CC)C1CCOC(C)(C)C1. The smallest absolute Gasteiger partial charge is 0.246 e. The van der Waals surface area contributed by atoms with Gasteiger partial charge in [0, 0.05) is 19.2 Å². The van der Waals surface area contributed by atoms with E-state index < -0.39 is 0 Å². The molecule has 0 aliphatic carbocycles. The average Bonchev–Trinajstić information content (AvgIpc) is 2.17. The summed E-state index contributed by atoms with van der Waals surface area (Å²) in [5, 5.41) is 0. The van der Waals surface area contributed by atoms with E-state index in [9.17, 15) is 4.79 Å². The molecule has 0 spiro atoms. The molecule has 0 saturated carbocycles. The molecule has 86 valence electrons. The molecule has 1 rings (SSSR count). The van der Waals surface area contributed by atoms with Crippen molar-refractivity contribution in [1.29, 1.82) is 0 Å². The van der Waals surface area contributed by atoms with E-state index in [1.165, 1.54) is 6.08 Å². The van der Waals surface area contributed by atoms with E-state index in [0.29, 0.717) is 6.04 Å². The van der Waals surface area contributed by atoms with Crippen molar-refractivity contribution in [2.75, 3.05) is 13.2 Å². The second kappa shape index (κ2) is 4.79. The summed E-state index contributed by atoms with van der Waals surface area (Å²) in [6.45, 7) is 11.2. The number of likely N-dealkylation sites (N-methyl/N-ethyl adjacent to an activating group) is 1. The summed E-state index contributed by atoms with van der Waals surface area (Å²) in [5.74, 6) is 0.0280. The van der Waals surface area contributed by atoms with Crippen LogP contribution in [-0.2, 0) is 9.53 Å². The maximum Gasteiger partial charge on any atom is 0.246 e. The summed E-state index contributed by atoms with van der Waals surface area (Å²) >= 11 is 0.